The zero-order valence-electron chi connectivity index (χ0n) is 28.1. The quantitative estimate of drug-likeness (QED) is 0.150. The number of aliphatic hydroxyl groups excluding tert-OH is 1. The number of likely N-dealkylation sites (tertiary alicyclic amines) is 1. The Hall–Kier alpha value is -3.67. The van der Waals surface area contributed by atoms with Crippen LogP contribution in [0.25, 0.3) is 11.4 Å². The van der Waals surface area contributed by atoms with Gasteiger partial charge in [-0.1, -0.05) is 50.6 Å². The molecule has 12 heteroatoms. The van der Waals surface area contributed by atoms with E-state index in [1.165, 1.54) is 37.0 Å². The summed E-state index contributed by atoms with van der Waals surface area (Å²) in [5, 5.41) is 17.6. The molecule has 1 saturated heterocycles. The molecule has 1 fully saturated rings. The maximum atomic E-state index is 12.7. The topological polar surface area (TPSA) is 149 Å². The molecule has 250 valence electrons. The molecule has 2 N–H and O–H groups in total. The second-order valence-corrected chi connectivity index (χ2v) is 13.4. The van der Waals surface area contributed by atoms with Crippen molar-refractivity contribution in [3.63, 3.8) is 0 Å². The number of hydrogen-bond acceptors (Lipinski definition) is 9. The first-order valence-electron chi connectivity index (χ1n) is 16.0. The van der Waals surface area contributed by atoms with Gasteiger partial charge in [-0.05, 0) is 85.1 Å². The van der Waals surface area contributed by atoms with Gasteiger partial charge in [0.2, 0.25) is 11.8 Å². The van der Waals surface area contributed by atoms with Gasteiger partial charge in [0.15, 0.2) is 0 Å². The normalized spacial score (nSPS) is 17.4. The Morgan fingerprint density at radius 3 is 2.36 bits per heavy atom. The highest BCUT2D eigenvalue weighted by Gasteiger charge is 2.41. The molecule has 0 spiro atoms. The number of aliphatic hydroxyl groups is 1. The van der Waals surface area contributed by atoms with Gasteiger partial charge in [0, 0.05) is 12.1 Å². The third-order valence-electron chi connectivity index (χ3n) is 6.97. The number of nitrogens with one attached hydrogen (secondary N) is 1. The van der Waals surface area contributed by atoms with Gasteiger partial charge in [0.05, 0.1) is 12.7 Å². The number of alkyl carbamates (subject to hydrolysis) is 1. The van der Waals surface area contributed by atoms with Gasteiger partial charge in [-0.25, -0.2) is 9.59 Å². The molecule has 1 aromatic carbocycles. The molecule has 12 nitrogen and oxygen atoms in total. The van der Waals surface area contributed by atoms with Gasteiger partial charge in [0.1, 0.15) is 23.0 Å². The fourth-order valence-corrected chi connectivity index (χ4v) is 4.91. The summed E-state index contributed by atoms with van der Waals surface area (Å²) in [6, 6.07) is 4.81. The number of rotatable bonds is 11. The van der Waals surface area contributed by atoms with E-state index in [-0.39, 0.29) is 18.4 Å². The van der Waals surface area contributed by atoms with Crippen LogP contribution in [0.2, 0.25) is 0 Å². The Morgan fingerprint density at radius 1 is 1.04 bits per heavy atom. The van der Waals surface area contributed by atoms with Crippen LogP contribution in [-0.4, -0.2) is 68.8 Å². The summed E-state index contributed by atoms with van der Waals surface area (Å²) >= 11 is 0. The largest absolute Gasteiger partial charge is 0.493 e. The Bertz CT molecular complexity index is 1300. The van der Waals surface area contributed by atoms with Crippen molar-refractivity contribution in [3.05, 3.63) is 29.7 Å². The first-order valence-corrected chi connectivity index (χ1v) is 16.0. The van der Waals surface area contributed by atoms with Gasteiger partial charge >= 0.3 is 12.2 Å². The molecule has 0 aliphatic carbocycles. The van der Waals surface area contributed by atoms with Crippen molar-refractivity contribution in [1.82, 2.24) is 20.4 Å². The van der Waals surface area contributed by atoms with Crippen LogP contribution in [0.15, 0.2) is 27.7 Å². The molecule has 2 heterocycles. The van der Waals surface area contributed by atoms with Crippen LogP contribution in [0.1, 0.15) is 117 Å². The molecule has 0 bridgehead atoms. The molecule has 2 aromatic rings. The minimum atomic E-state index is -0.938. The van der Waals surface area contributed by atoms with Crippen molar-refractivity contribution < 1.29 is 33.4 Å². The number of aliphatic imine (C=N–C) groups is 1. The van der Waals surface area contributed by atoms with Crippen molar-refractivity contribution in [2.45, 2.75) is 130 Å². The number of aromatic nitrogens is 2. The number of nitrogens with zero attached hydrogens (tertiary/aromatic N) is 4. The lowest BCUT2D eigenvalue weighted by atomic mass is 10.1. The summed E-state index contributed by atoms with van der Waals surface area (Å²) in [6.07, 6.45) is 6.19. The number of carbonyl (C=O) groups excluding carboxylic acids is 2. The number of benzene rings is 1. The lowest BCUT2D eigenvalue weighted by Gasteiger charge is -2.28. The van der Waals surface area contributed by atoms with Crippen LogP contribution in [0.4, 0.5) is 9.59 Å². The van der Waals surface area contributed by atoms with Crippen LogP contribution in [0, 0.1) is 6.92 Å². The molecule has 0 saturated carbocycles. The van der Waals surface area contributed by atoms with Gasteiger partial charge in [-0.3, -0.25) is 5.32 Å². The number of guanidine groups is 1. The maximum Gasteiger partial charge on any atom is 0.437 e. The molecule has 1 aliphatic rings. The second kappa shape index (κ2) is 16.1. The number of carbonyl (C=O) groups is 2. The van der Waals surface area contributed by atoms with E-state index in [9.17, 15) is 14.7 Å². The van der Waals surface area contributed by atoms with Crippen LogP contribution in [-0.2, 0) is 9.47 Å². The Labute approximate surface area is 266 Å². The van der Waals surface area contributed by atoms with Crippen molar-refractivity contribution in [3.8, 4) is 17.1 Å². The number of ether oxygens (including phenoxy) is 3. The van der Waals surface area contributed by atoms with Gasteiger partial charge < -0.3 is 28.7 Å². The monoisotopic (exact) mass is 629 g/mol. The van der Waals surface area contributed by atoms with Crippen LogP contribution >= 0.6 is 0 Å². The number of aryl methyl sites for hydroxylation is 1. The molecule has 3 rings (SSSR count). The molecular formula is C33H51N5O7. The van der Waals surface area contributed by atoms with E-state index in [1.54, 1.807) is 41.5 Å². The SMILES string of the molecule is CCCCCCCCCOc1ccc(-c2noc(C3[C@@H](O)CCN3/C(=N/C(=O)OC(C)(C)C)NC(=O)OC(C)(C)C)n2)cc1C. The zero-order chi connectivity index (χ0) is 33.2. The zero-order valence-corrected chi connectivity index (χ0v) is 28.1. The average Bonchev–Trinajstić information content (AvgIpc) is 3.55. The minimum Gasteiger partial charge on any atom is -0.493 e. The smallest absolute Gasteiger partial charge is 0.437 e. The Morgan fingerprint density at radius 2 is 1.71 bits per heavy atom. The number of hydrogen-bond donors (Lipinski definition) is 2. The highest BCUT2D eigenvalue weighted by atomic mass is 16.6. The first kappa shape index (κ1) is 35.8. The van der Waals surface area contributed by atoms with Crippen LogP contribution in [0.5, 0.6) is 5.75 Å². The van der Waals surface area contributed by atoms with Crippen molar-refractivity contribution in [1.29, 1.82) is 0 Å². The Balaban J connectivity index is 1.74. The molecule has 2 atom stereocenters. The molecular weight excluding hydrogens is 578 g/mol. The fraction of sp³-hybridized carbons (Fsp3) is 0.667. The summed E-state index contributed by atoms with van der Waals surface area (Å²) in [7, 11) is 0. The summed E-state index contributed by atoms with van der Waals surface area (Å²) in [5.74, 6) is 1.09. The molecule has 0 radical (unpaired) electrons. The summed E-state index contributed by atoms with van der Waals surface area (Å²) < 4.78 is 22.4. The summed E-state index contributed by atoms with van der Waals surface area (Å²) in [5.41, 5.74) is 0.0613. The molecule has 1 aliphatic heterocycles. The molecule has 45 heavy (non-hydrogen) atoms. The van der Waals surface area contributed by atoms with E-state index in [1.807, 2.05) is 25.1 Å². The third kappa shape index (κ3) is 11.6. The predicted molar refractivity (Wildman–Crippen MR) is 171 cm³/mol. The van der Waals surface area contributed by atoms with Gasteiger partial charge in [-0.15, -0.1) is 4.99 Å². The summed E-state index contributed by atoms with van der Waals surface area (Å²) in [4.78, 5) is 35.5. The summed E-state index contributed by atoms with van der Waals surface area (Å²) in [6.45, 7) is 15.4. The third-order valence-corrected chi connectivity index (χ3v) is 6.97. The highest BCUT2D eigenvalue weighted by molar-refractivity contribution is 5.99. The van der Waals surface area contributed by atoms with E-state index in [4.69, 9.17) is 18.7 Å². The van der Waals surface area contributed by atoms with E-state index >= 15 is 0 Å². The molecule has 2 amide bonds. The van der Waals surface area contributed by atoms with Gasteiger partial charge in [0.25, 0.3) is 5.89 Å². The van der Waals surface area contributed by atoms with Crippen molar-refractivity contribution >= 4 is 18.1 Å². The minimum absolute atomic E-state index is 0.106. The fourth-order valence-electron chi connectivity index (χ4n) is 4.91. The van der Waals surface area contributed by atoms with Crippen molar-refractivity contribution in [2.75, 3.05) is 13.2 Å². The first-order chi connectivity index (χ1) is 21.2. The van der Waals surface area contributed by atoms with Crippen molar-refractivity contribution in [2.24, 2.45) is 4.99 Å². The number of amides is 2. The maximum absolute atomic E-state index is 12.7. The van der Waals surface area contributed by atoms with Gasteiger partial charge in [-0.2, -0.15) is 4.98 Å². The van der Waals surface area contributed by atoms with E-state index in [2.05, 4.69) is 27.4 Å². The lowest BCUT2D eigenvalue weighted by Crippen LogP contribution is -2.47. The molecule has 1 aromatic heterocycles. The highest BCUT2D eigenvalue weighted by Crippen LogP contribution is 2.33. The lowest BCUT2D eigenvalue weighted by molar-refractivity contribution is 0.0546. The van der Waals surface area contributed by atoms with E-state index in [0.29, 0.717) is 18.9 Å². The average molecular weight is 630 g/mol. The van der Waals surface area contributed by atoms with E-state index < -0.39 is 35.5 Å². The van der Waals surface area contributed by atoms with E-state index in [0.717, 1.165) is 29.7 Å². The standard InChI is InChI=1S/C33H51N5O7/c1-9-10-11-12-13-14-15-20-42-25-17-16-23(21-22(25)2)27-34-28(45-37-27)26-24(39)18-19-38(26)29(35-30(40)43-32(3,4)5)36-31(41)44-33(6,7)8/h16-17,21,24,26,39H,9-15,18-20H2,1-8H3,(H,35,36,40,41)/t24-,26?/m0/s1. The van der Waals surface area contributed by atoms with Crippen LogP contribution < -0.4 is 10.1 Å². The van der Waals surface area contributed by atoms with Crippen LogP contribution in [0.3, 0.4) is 0 Å². The molecule has 1 unspecified atom stereocenters. The number of unbranched alkanes of at least 4 members (excludes halogenated alkanes) is 6. The Kier molecular flexibility index (Phi) is 12.8. The predicted octanol–water partition coefficient (Wildman–Crippen LogP) is 7.10. The second-order valence-electron chi connectivity index (χ2n) is 13.4.